The van der Waals surface area contributed by atoms with Crippen molar-refractivity contribution < 1.29 is 4.79 Å². The number of nitrogens with two attached hydrogens (primary N) is 1. The van der Waals surface area contributed by atoms with Crippen LogP contribution in [0.5, 0.6) is 0 Å². The zero-order valence-electron chi connectivity index (χ0n) is 8.53. The third kappa shape index (κ3) is 2.85. The second kappa shape index (κ2) is 4.76. The van der Waals surface area contributed by atoms with E-state index in [0.29, 0.717) is 6.54 Å². The van der Waals surface area contributed by atoms with Crippen LogP contribution in [-0.2, 0) is 18.3 Å². The number of hydrogen-bond acceptors (Lipinski definition) is 3. The Labute approximate surface area is 83.3 Å². The van der Waals surface area contributed by atoms with E-state index in [1.165, 1.54) is 0 Å². The number of nitrogens with zero attached hydrogens (tertiary/aromatic N) is 2. The van der Waals surface area contributed by atoms with Crippen LogP contribution in [0.15, 0.2) is 12.3 Å². The number of carbonyl (C=O) groups excluding carboxylic acids is 1. The van der Waals surface area contributed by atoms with Gasteiger partial charge in [0.1, 0.15) is 0 Å². The second-order valence-corrected chi connectivity index (χ2v) is 3.28. The van der Waals surface area contributed by atoms with Crippen LogP contribution in [0.1, 0.15) is 12.6 Å². The summed E-state index contributed by atoms with van der Waals surface area (Å²) in [5.74, 6) is -0.118. The lowest BCUT2D eigenvalue weighted by Gasteiger charge is -2.07. The summed E-state index contributed by atoms with van der Waals surface area (Å²) < 4.78 is 1.79. The average Bonchev–Trinajstić information content (AvgIpc) is 2.51. The van der Waals surface area contributed by atoms with Gasteiger partial charge in [-0.3, -0.25) is 9.48 Å². The standard InChI is InChI=1S/C9H16N4O/c1-7(10)9(14)11-5-3-8-4-6-12-13(8)2/h4,6-7H,3,5,10H2,1-2H3,(H,11,14)/t7-/m0/s1. The maximum atomic E-state index is 11.1. The van der Waals surface area contributed by atoms with E-state index in [-0.39, 0.29) is 5.91 Å². The molecule has 0 bridgehead atoms. The predicted octanol–water partition coefficient (Wildman–Crippen LogP) is -0.574. The van der Waals surface area contributed by atoms with E-state index in [2.05, 4.69) is 10.4 Å². The van der Waals surface area contributed by atoms with E-state index in [1.54, 1.807) is 17.8 Å². The molecule has 5 heteroatoms. The van der Waals surface area contributed by atoms with E-state index in [1.807, 2.05) is 13.1 Å². The number of nitrogens with one attached hydrogen (secondary N) is 1. The van der Waals surface area contributed by atoms with Gasteiger partial charge in [0.25, 0.3) is 0 Å². The quantitative estimate of drug-likeness (QED) is 0.677. The van der Waals surface area contributed by atoms with E-state index < -0.39 is 6.04 Å². The maximum Gasteiger partial charge on any atom is 0.236 e. The molecule has 0 aliphatic heterocycles. The van der Waals surface area contributed by atoms with Gasteiger partial charge in [0.15, 0.2) is 0 Å². The van der Waals surface area contributed by atoms with Gasteiger partial charge in [0.2, 0.25) is 5.91 Å². The molecule has 0 radical (unpaired) electrons. The van der Waals surface area contributed by atoms with E-state index >= 15 is 0 Å². The zero-order chi connectivity index (χ0) is 10.6. The van der Waals surface area contributed by atoms with Gasteiger partial charge < -0.3 is 11.1 Å². The molecular formula is C9H16N4O. The van der Waals surface area contributed by atoms with Gasteiger partial charge in [-0.2, -0.15) is 5.10 Å². The number of aromatic nitrogens is 2. The Morgan fingerprint density at radius 3 is 3.00 bits per heavy atom. The lowest BCUT2D eigenvalue weighted by atomic mass is 10.3. The van der Waals surface area contributed by atoms with Gasteiger partial charge in [0.05, 0.1) is 6.04 Å². The van der Waals surface area contributed by atoms with Crippen LogP contribution in [-0.4, -0.2) is 28.3 Å². The molecule has 1 atom stereocenters. The number of carbonyl (C=O) groups is 1. The molecule has 78 valence electrons. The summed E-state index contributed by atoms with van der Waals surface area (Å²) in [5.41, 5.74) is 6.49. The molecule has 0 unspecified atom stereocenters. The van der Waals surface area contributed by atoms with E-state index in [0.717, 1.165) is 12.1 Å². The van der Waals surface area contributed by atoms with Crippen LogP contribution < -0.4 is 11.1 Å². The van der Waals surface area contributed by atoms with Crippen LogP contribution >= 0.6 is 0 Å². The zero-order valence-corrected chi connectivity index (χ0v) is 8.53. The normalized spacial score (nSPS) is 12.5. The van der Waals surface area contributed by atoms with Crippen LogP contribution in [0.3, 0.4) is 0 Å². The van der Waals surface area contributed by atoms with Crippen molar-refractivity contribution in [2.45, 2.75) is 19.4 Å². The van der Waals surface area contributed by atoms with Crippen molar-refractivity contribution in [2.75, 3.05) is 6.54 Å². The van der Waals surface area contributed by atoms with Crippen molar-refractivity contribution in [1.82, 2.24) is 15.1 Å². The number of aryl methyl sites for hydroxylation is 1. The average molecular weight is 196 g/mol. The molecule has 1 heterocycles. The Bertz CT molecular complexity index is 306. The molecule has 0 aliphatic rings. The smallest absolute Gasteiger partial charge is 0.236 e. The molecule has 1 aromatic heterocycles. The second-order valence-electron chi connectivity index (χ2n) is 3.28. The molecule has 3 N–H and O–H groups in total. The largest absolute Gasteiger partial charge is 0.354 e. The summed E-state index contributed by atoms with van der Waals surface area (Å²) in [6.07, 6.45) is 2.51. The molecule has 1 aromatic rings. The molecule has 0 aliphatic carbocycles. The van der Waals surface area contributed by atoms with Crippen LogP contribution in [0.2, 0.25) is 0 Å². The fourth-order valence-electron chi connectivity index (χ4n) is 1.12. The number of amides is 1. The summed E-state index contributed by atoms with van der Waals surface area (Å²) in [6, 6.07) is 1.49. The highest BCUT2D eigenvalue weighted by Gasteiger charge is 2.06. The lowest BCUT2D eigenvalue weighted by molar-refractivity contribution is -0.121. The van der Waals surface area contributed by atoms with Crippen LogP contribution in [0.4, 0.5) is 0 Å². The Balaban J connectivity index is 2.29. The first kappa shape index (κ1) is 10.7. The molecule has 14 heavy (non-hydrogen) atoms. The summed E-state index contributed by atoms with van der Waals surface area (Å²) in [4.78, 5) is 11.1. The summed E-state index contributed by atoms with van der Waals surface area (Å²) in [7, 11) is 1.88. The monoisotopic (exact) mass is 196 g/mol. The molecule has 5 nitrogen and oxygen atoms in total. The summed E-state index contributed by atoms with van der Waals surface area (Å²) in [5, 5.41) is 6.77. The Kier molecular flexibility index (Phi) is 3.64. The fraction of sp³-hybridized carbons (Fsp3) is 0.556. The maximum absolute atomic E-state index is 11.1. The molecule has 1 rings (SSSR count). The first-order valence-corrected chi connectivity index (χ1v) is 4.61. The fourth-order valence-corrected chi connectivity index (χ4v) is 1.12. The molecule has 0 spiro atoms. The third-order valence-corrected chi connectivity index (χ3v) is 2.02. The highest BCUT2D eigenvalue weighted by molar-refractivity contribution is 5.80. The van der Waals surface area contributed by atoms with Gasteiger partial charge >= 0.3 is 0 Å². The van der Waals surface area contributed by atoms with Gasteiger partial charge in [-0.25, -0.2) is 0 Å². The van der Waals surface area contributed by atoms with Crippen molar-refractivity contribution in [3.8, 4) is 0 Å². The molecule has 0 saturated heterocycles. The van der Waals surface area contributed by atoms with Gasteiger partial charge in [-0.1, -0.05) is 0 Å². The van der Waals surface area contributed by atoms with Crippen molar-refractivity contribution in [3.63, 3.8) is 0 Å². The summed E-state index contributed by atoms with van der Waals surface area (Å²) in [6.45, 7) is 2.26. The molecular weight excluding hydrogens is 180 g/mol. The number of rotatable bonds is 4. The molecule has 1 amide bonds. The van der Waals surface area contributed by atoms with Crippen LogP contribution in [0, 0.1) is 0 Å². The Morgan fingerprint density at radius 1 is 1.79 bits per heavy atom. The predicted molar refractivity (Wildman–Crippen MR) is 53.6 cm³/mol. The molecule has 0 saturated carbocycles. The van der Waals surface area contributed by atoms with Gasteiger partial charge in [0, 0.05) is 31.9 Å². The molecule has 0 aromatic carbocycles. The minimum absolute atomic E-state index is 0.118. The third-order valence-electron chi connectivity index (χ3n) is 2.02. The molecule has 0 fully saturated rings. The SMILES string of the molecule is C[C@H](N)C(=O)NCCc1ccnn1C. The lowest BCUT2D eigenvalue weighted by Crippen LogP contribution is -2.39. The first-order chi connectivity index (χ1) is 6.61. The van der Waals surface area contributed by atoms with Crippen molar-refractivity contribution in [3.05, 3.63) is 18.0 Å². The Morgan fingerprint density at radius 2 is 2.50 bits per heavy atom. The number of hydrogen-bond donors (Lipinski definition) is 2. The highest BCUT2D eigenvalue weighted by Crippen LogP contribution is 1.95. The van der Waals surface area contributed by atoms with Gasteiger partial charge in [-0.15, -0.1) is 0 Å². The van der Waals surface area contributed by atoms with Gasteiger partial charge in [-0.05, 0) is 13.0 Å². The minimum atomic E-state index is -0.443. The Hall–Kier alpha value is -1.36. The van der Waals surface area contributed by atoms with E-state index in [9.17, 15) is 4.79 Å². The topological polar surface area (TPSA) is 72.9 Å². The van der Waals surface area contributed by atoms with Crippen LogP contribution in [0.25, 0.3) is 0 Å². The summed E-state index contributed by atoms with van der Waals surface area (Å²) >= 11 is 0. The minimum Gasteiger partial charge on any atom is -0.354 e. The van der Waals surface area contributed by atoms with Crippen molar-refractivity contribution in [1.29, 1.82) is 0 Å². The van der Waals surface area contributed by atoms with Crippen molar-refractivity contribution in [2.24, 2.45) is 12.8 Å². The van der Waals surface area contributed by atoms with E-state index in [4.69, 9.17) is 5.73 Å². The van der Waals surface area contributed by atoms with Crippen molar-refractivity contribution >= 4 is 5.91 Å². The highest BCUT2D eigenvalue weighted by atomic mass is 16.2. The first-order valence-electron chi connectivity index (χ1n) is 4.61.